The van der Waals surface area contributed by atoms with Crippen molar-refractivity contribution in [3.05, 3.63) is 28.2 Å². The number of aromatic carboxylic acids is 1. The van der Waals surface area contributed by atoms with Gasteiger partial charge in [-0.3, -0.25) is 0 Å². The number of nitrogens with one attached hydrogen (secondary N) is 1. The lowest BCUT2D eigenvalue weighted by Crippen LogP contribution is -2.33. The number of amides is 2. The lowest BCUT2D eigenvalue weighted by atomic mass is 10.1. The van der Waals surface area contributed by atoms with Gasteiger partial charge in [-0.2, -0.15) is 0 Å². The number of hydrogen-bond donors (Lipinski definition) is 2. The molecule has 2 amide bonds. The minimum absolute atomic E-state index is 0.141. The van der Waals surface area contributed by atoms with E-state index in [-0.39, 0.29) is 11.6 Å². The molecule has 5 nitrogen and oxygen atoms in total. The first-order valence-corrected chi connectivity index (χ1v) is 7.38. The first-order chi connectivity index (χ1) is 9.49. The molecule has 1 heterocycles. The molecule has 1 aliphatic heterocycles. The second kappa shape index (κ2) is 6.26. The predicted octanol–water partition coefficient (Wildman–Crippen LogP) is 3.41. The van der Waals surface area contributed by atoms with E-state index in [1.807, 2.05) is 0 Å². The summed E-state index contributed by atoms with van der Waals surface area (Å²) in [5.41, 5.74) is 0.629. The Balaban J connectivity index is 2.06. The van der Waals surface area contributed by atoms with Crippen LogP contribution in [0.25, 0.3) is 0 Å². The fourth-order valence-electron chi connectivity index (χ4n) is 2.34. The fourth-order valence-corrected chi connectivity index (χ4v) is 2.83. The highest BCUT2D eigenvalue weighted by Gasteiger charge is 2.25. The summed E-state index contributed by atoms with van der Waals surface area (Å²) in [4.78, 5) is 24.9. The molecule has 0 bridgehead atoms. The summed E-state index contributed by atoms with van der Waals surface area (Å²) >= 11 is 3.25. The zero-order valence-electron chi connectivity index (χ0n) is 11.2. The number of carbonyl (C=O) groups is 2. The number of hydrogen-bond acceptors (Lipinski definition) is 2. The van der Waals surface area contributed by atoms with Crippen LogP contribution in [0.1, 0.15) is 30.1 Å². The normalized spacial score (nSPS) is 18.1. The van der Waals surface area contributed by atoms with Crippen molar-refractivity contribution in [2.45, 2.75) is 19.8 Å². The van der Waals surface area contributed by atoms with Gasteiger partial charge in [0.2, 0.25) is 0 Å². The zero-order chi connectivity index (χ0) is 14.7. The summed E-state index contributed by atoms with van der Waals surface area (Å²) in [6.07, 6.45) is 2.10. The van der Waals surface area contributed by atoms with Crippen molar-refractivity contribution in [1.29, 1.82) is 0 Å². The summed E-state index contributed by atoms with van der Waals surface area (Å²) < 4.78 is 0.626. The maximum Gasteiger partial charge on any atom is 0.335 e. The van der Waals surface area contributed by atoms with Gasteiger partial charge in [-0.05, 0) is 30.5 Å². The zero-order valence-corrected chi connectivity index (χ0v) is 12.8. The molecule has 1 aromatic carbocycles. The number of urea groups is 1. The van der Waals surface area contributed by atoms with Gasteiger partial charge in [0.1, 0.15) is 0 Å². The Morgan fingerprint density at radius 3 is 2.80 bits per heavy atom. The minimum atomic E-state index is -1.02. The maximum absolute atomic E-state index is 12.1. The number of likely N-dealkylation sites (tertiary alicyclic amines) is 1. The number of carbonyl (C=O) groups excluding carboxylic acids is 1. The van der Waals surface area contributed by atoms with Crippen LogP contribution in [0.2, 0.25) is 0 Å². The molecule has 20 heavy (non-hydrogen) atoms. The molecule has 0 aromatic heterocycles. The Hall–Kier alpha value is -1.56. The third-order valence-electron chi connectivity index (χ3n) is 3.55. The van der Waals surface area contributed by atoms with Gasteiger partial charge in [0.15, 0.2) is 0 Å². The number of halogens is 1. The Morgan fingerprint density at radius 1 is 1.45 bits per heavy atom. The SMILES string of the molecule is CCC1CCN(C(=O)Nc2cc(Br)cc(C(=O)O)c2)C1. The molecule has 2 rings (SSSR count). The van der Waals surface area contributed by atoms with Crippen LogP contribution < -0.4 is 5.32 Å². The van der Waals surface area contributed by atoms with E-state index in [1.165, 1.54) is 12.1 Å². The van der Waals surface area contributed by atoms with Gasteiger partial charge in [0, 0.05) is 23.2 Å². The smallest absolute Gasteiger partial charge is 0.335 e. The molecule has 0 aliphatic carbocycles. The average Bonchev–Trinajstić information content (AvgIpc) is 2.86. The Kier molecular flexibility index (Phi) is 4.65. The van der Waals surface area contributed by atoms with E-state index in [1.54, 1.807) is 11.0 Å². The molecule has 1 aromatic rings. The lowest BCUT2D eigenvalue weighted by Gasteiger charge is -2.17. The van der Waals surface area contributed by atoms with E-state index in [2.05, 4.69) is 28.2 Å². The van der Waals surface area contributed by atoms with Gasteiger partial charge in [-0.25, -0.2) is 9.59 Å². The van der Waals surface area contributed by atoms with Crippen LogP contribution in [-0.4, -0.2) is 35.1 Å². The van der Waals surface area contributed by atoms with Gasteiger partial charge in [0.05, 0.1) is 5.56 Å². The Labute approximate surface area is 126 Å². The van der Waals surface area contributed by atoms with Gasteiger partial charge < -0.3 is 15.3 Å². The van der Waals surface area contributed by atoms with Gasteiger partial charge in [-0.1, -0.05) is 29.3 Å². The van der Waals surface area contributed by atoms with Crippen LogP contribution in [-0.2, 0) is 0 Å². The van der Waals surface area contributed by atoms with Crippen molar-refractivity contribution in [2.24, 2.45) is 5.92 Å². The third-order valence-corrected chi connectivity index (χ3v) is 4.00. The van der Waals surface area contributed by atoms with E-state index in [0.717, 1.165) is 25.9 Å². The quantitative estimate of drug-likeness (QED) is 0.885. The Bertz CT molecular complexity index is 533. The molecule has 6 heteroatoms. The molecule has 1 fully saturated rings. The van der Waals surface area contributed by atoms with E-state index in [9.17, 15) is 9.59 Å². The summed E-state index contributed by atoms with van der Waals surface area (Å²) in [5, 5.41) is 11.8. The highest BCUT2D eigenvalue weighted by molar-refractivity contribution is 9.10. The average molecular weight is 341 g/mol. The standard InChI is InChI=1S/C14H17BrN2O3/c1-2-9-3-4-17(8-9)14(20)16-12-6-10(13(18)19)5-11(15)7-12/h5-7,9H,2-4,8H2,1H3,(H,16,20)(H,18,19). The van der Waals surface area contributed by atoms with Crippen molar-refractivity contribution in [1.82, 2.24) is 4.90 Å². The van der Waals surface area contributed by atoms with Crippen molar-refractivity contribution in [2.75, 3.05) is 18.4 Å². The fraction of sp³-hybridized carbons (Fsp3) is 0.429. The van der Waals surface area contributed by atoms with Crippen molar-refractivity contribution >= 4 is 33.6 Å². The highest BCUT2D eigenvalue weighted by atomic mass is 79.9. The summed E-state index contributed by atoms with van der Waals surface area (Å²) in [5.74, 6) is -0.452. The van der Waals surface area contributed by atoms with Gasteiger partial charge >= 0.3 is 12.0 Å². The van der Waals surface area contributed by atoms with E-state index >= 15 is 0 Å². The maximum atomic E-state index is 12.1. The second-order valence-electron chi connectivity index (χ2n) is 4.97. The molecule has 1 aliphatic rings. The van der Waals surface area contributed by atoms with Crippen molar-refractivity contribution < 1.29 is 14.7 Å². The molecule has 1 saturated heterocycles. The topological polar surface area (TPSA) is 69.6 Å². The van der Waals surface area contributed by atoms with Gasteiger partial charge in [0.25, 0.3) is 0 Å². The number of anilines is 1. The van der Waals surface area contributed by atoms with Crippen molar-refractivity contribution in [3.63, 3.8) is 0 Å². The monoisotopic (exact) mass is 340 g/mol. The van der Waals surface area contributed by atoms with Crippen LogP contribution in [0.5, 0.6) is 0 Å². The molecule has 1 unspecified atom stereocenters. The number of rotatable bonds is 3. The molecule has 108 valence electrons. The number of carboxylic acids is 1. The van der Waals surface area contributed by atoms with E-state index < -0.39 is 5.97 Å². The first kappa shape index (κ1) is 14.8. The first-order valence-electron chi connectivity index (χ1n) is 6.59. The molecule has 0 radical (unpaired) electrons. The number of benzene rings is 1. The van der Waals surface area contributed by atoms with Crippen LogP contribution in [0.4, 0.5) is 10.5 Å². The van der Waals surface area contributed by atoms with E-state index in [4.69, 9.17) is 5.11 Å². The predicted molar refractivity (Wildman–Crippen MR) is 80.1 cm³/mol. The Morgan fingerprint density at radius 2 is 2.20 bits per heavy atom. The van der Waals surface area contributed by atoms with Gasteiger partial charge in [-0.15, -0.1) is 0 Å². The summed E-state index contributed by atoms with van der Waals surface area (Å²) in [6, 6.07) is 4.48. The molecular formula is C14H17BrN2O3. The van der Waals surface area contributed by atoms with Crippen molar-refractivity contribution in [3.8, 4) is 0 Å². The van der Waals surface area contributed by atoms with Crippen LogP contribution in [0.3, 0.4) is 0 Å². The molecule has 0 saturated carbocycles. The number of carboxylic acid groups (broad SMARTS) is 1. The summed E-state index contributed by atoms with van der Waals surface area (Å²) in [6.45, 7) is 3.64. The highest BCUT2D eigenvalue weighted by Crippen LogP contribution is 2.22. The molecular weight excluding hydrogens is 324 g/mol. The molecule has 2 N–H and O–H groups in total. The second-order valence-corrected chi connectivity index (χ2v) is 5.89. The van der Waals surface area contributed by atoms with Crippen LogP contribution in [0, 0.1) is 5.92 Å². The third kappa shape index (κ3) is 3.50. The summed E-state index contributed by atoms with van der Waals surface area (Å²) in [7, 11) is 0. The molecule has 1 atom stereocenters. The number of nitrogens with zero attached hydrogens (tertiary/aromatic N) is 1. The minimum Gasteiger partial charge on any atom is -0.478 e. The molecule has 0 spiro atoms. The lowest BCUT2D eigenvalue weighted by molar-refractivity contribution is 0.0697. The van der Waals surface area contributed by atoms with Crippen LogP contribution in [0.15, 0.2) is 22.7 Å². The van der Waals surface area contributed by atoms with Crippen LogP contribution >= 0.6 is 15.9 Å². The largest absolute Gasteiger partial charge is 0.478 e. The van der Waals surface area contributed by atoms with E-state index in [0.29, 0.717) is 16.1 Å².